The number of hydrogen-bond donors (Lipinski definition) is 1. The average molecular weight is 413 g/mol. The van der Waals surface area contributed by atoms with Crippen LogP contribution < -0.4 is 10.1 Å². The monoisotopic (exact) mass is 412 g/mol. The maximum absolute atomic E-state index is 13.3. The van der Waals surface area contributed by atoms with Gasteiger partial charge in [0.1, 0.15) is 5.75 Å². The van der Waals surface area contributed by atoms with Crippen LogP contribution >= 0.6 is 0 Å². The van der Waals surface area contributed by atoms with Gasteiger partial charge in [-0.2, -0.15) is 0 Å². The molecule has 0 aromatic heterocycles. The van der Waals surface area contributed by atoms with Gasteiger partial charge in [-0.3, -0.25) is 9.59 Å². The molecule has 2 bridgehead atoms. The van der Waals surface area contributed by atoms with Crippen molar-refractivity contribution in [3.63, 3.8) is 0 Å². The minimum Gasteiger partial charge on any atom is -0.483 e. The fourth-order valence-electron chi connectivity index (χ4n) is 6.08. The molecule has 6 heteroatoms. The number of fused-ring (bicyclic) bond motifs is 5. The zero-order valence-corrected chi connectivity index (χ0v) is 17.6. The zero-order chi connectivity index (χ0) is 20.6. The largest absolute Gasteiger partial charge is 0.483 e. The van der Waals surface area contributed by atoms with Crippen LogP contribution in [0.2, 0.25) is 0 Å². The summed E-state index contributed by atoms with van der Waals surface area (Å²) in [6.07, 6.45) is 8.60. The number of amides is 2. The van der Waals surface area contributed by atoms with Crippen LogP contribution in [0.15, 0.2) is 24.3 Å². The van der Waals surface area contributed by atoms with Crippen molar-refractivity contribution in [3.8, 4) is 5.75 Å². The molecule has 1 aliphatic carbocycles. The van der Waals surface area contributed by atoms with E-state index in [0.29, 0.717) is 25.5 Å². The summed E-state index contributed by atoms with van der Waals surface area (Å²) in [5.41, 5.74) is 0.854. The highest BCUT2D eigenvalue weighted by Crippen LogP contribution is 2.40. The molecule has 6 rings (SSSR count). The lowest BCUT2D eigenvalue weighted by molar-refractivity contribution is -0.148. The first-order valence-electron chi connectivity index (χ1n) is 11.6. The smallest absolute Gasteiger partial charge is 0.260 e. The highest BCUT2D eigenvalue weighted by Gasteiger charge is 2.49. The Bertz CT molecular complexity index is 800. The van der Waals surface area contributed by atoms with Crippen LogP contribution in [0.1, 0.15) is 69.3 Å². The maximum atomic E-state index is 13.3. The van der Waals surface area contributed by atoms with Crippen molar-refractivity contribution in [2.24, 2.45) is 0 Å². The van der Waals surface area contributed by atoms with Gasteiger partial charge in [0.2, 0.25) is 5.91 Å². The molecule has 3 fully saturated rings. The second-order valence-corrected chi connectivity index (χ2v) is 9.40. The summed E-state index contributed by atoms with van der Waals surface area (Å²) in [5, 5.41) is 3.28. The van der Waals surface area contributed by atoms with Crippen LogP contribution in [-0.2, 0) is 14.3 Å². The quantitative estimate of drug-likeness (QED) is 0.711. The standard InChI is InChI=1S/C24H32N2O4/c27-22-7-3-12-24(25-22)13-4-14-26-21(24)15-29-18-10-8-17(9-11-18)19-5-1-2-6-20(19)30-16-23(26)28/h1-2,5-6,17-18,21H,3-4,7-16H2,(H,25,27)/t17?,18?,21-,24-/m1/s1. The molecule has 30 heavy (non-hydrogen) atoms. The number of nitrogens with one attached hydrogen (secondary N) is 1. The molecular formula is C24H32N2O4. The molecule has 2 saturated heterocycles. The van der Waals surface area contributed by atoms with Crippen LogP contribution in [0.5, 0.6) is 5.75 Å². The van der Waals surface area contributed by atoms with Crippen LogP contribution in [0, 0.1) is 0 Å². The van der Waals surface area contributed by atoms with E-state index in [1.165, 1.54) is 5.56 Å². The molecule has 1 aromatic carbocycles. The van der Waals surface area contributed by atoms with Gasteiger partial charge in [0, 0.05) is 13.0 Å². The van der Waals surface area contributed by atoms with Gasteiger partial charge in [-0.25, -0.2) is 0 Å². The Labute approximate surface area is 178 Å². The van der Waals surface area contributed by atoms with Crippen LogP contribution in [0.25, 0.3) is 0 Å². The van der Waals surface area contributed by atoms with E-state index in [9.17, 15) is 9.59 Å². The van der Waals surface area contributed by atoms with Crippen molar-refractivity contribution in [3.05, 3.63) is 29.8 Å². The highest BCUT2D eigenvalue weighted by molar-refractivity contribution is 5.80. The van der Waals surface area contributed by atoms with Gasteiger partial charge >= 0.3 is 0 Å². The van der Waals surface area contributed by atoms with E-state index in [2.05, 4.69) is 17.4 Å². The Morgan fingerprint density at radius 2 is 1.83 bits per heavy atom. The van der Waals surface area contributed by atoms with E-state index in [4.69, 9.17) is 9.47 Å². The summed E-state index contributed by atoms with van der Waals surface area (Å²) in [7, 11) is 0. The topological polar surface area (TPSA) is 67.9 Å². The summed E-state index contributed by atoms with van der Waals surface area (Å²) in [5.74, 6) is 1.39. The molecule has 1 saturated carbocycles. The number of ether oxygens (including phenoxy) is 2. The number of carbonyl (C=O) groups excluding carboxylic acids is 2. The lowest BCUT2D eigenvalue weighted by Gasteiger charge is -2.52. The minimum atomic E-state index is -0.363. The Kier molecular flexibility index (Phi) is 5.44. The Balaban J connectivity index is 1.46. The second kappa shape index (κ2) is 8.22. The maximum Gasteiger partial charge on any atom is 0.260 e. The van der Waals surface area contributed by atoms with E-state index in [1.807, 2.05) is 17.0 Å². The Hall–Kier alpha value is -2.08. The molecule has 1 aromatic rings. The Morgan fingerprint density at radius 3 is 2.67 bits per heavy atom. The molecule has 4 heterocycles. The first-order chi connectivity index (χ1) is 14.6. The van der Waals surface area contributed by atoms with Gasteiger partial charge in [-0.1, -0.05) is 18.2 Å². The zero-order valence-electron chi connectivity index (χ0n) is 17.6. The van der Waals surface area contributed by atoms with E-state index < -0.39 is 0 Å². The van der Waals surface area contributed by atoms with Crippen molar-refractivity contribution in [2.45, 2.75) is 81.4 Å². The van der Waals surface area contributed by atoms with E-state index >= 15 is 0 Å². The number of rotatable bonds is 0. The SMILES string of the molecule is O=C1CCC[C@]2(CCCN3C(=O)COc4ccccc4C4CCC(CC4)OC[C@@H]32)N1. The molecule has 1 N–H and O–H groups in total. The molecule has 4 aliphatic heterocycles. The van der Waals surface area contributed by atoms with Gasteiger partial charge in [0.25, 0.3) is 5.91 Å². The average Bonchev–Trinajstić information content (AvgIpc) is 2.78. The van der Waals surface area contributed by atoms with E-state index in [0.717, 1.165) is 57.1 Å². The molecule has 2 amide bonds. The summed E-state index contributed by atoms with van der Waals surface area (Å²) in [6.45, 7) is 1.23. The van der Waals surface area contributed by atoms with Crippen molar-refractivity contribution in [1.82, 2.24) is 10.2 Å². The van der Waals surface area contributed by atoms with E-state index in [1.54, 1.807) is 0 Å². The molecule has 0 unspecified atom stereocenters. The first-order valence-corrected chi connectivity index (χ1v) is 11.6. The van der Waals surface area contributed by atoms with Crippen LogP contribution in [-0.4, -0.2) is 54.2 Å². The number of hydrogen-bond acceptors (Lipinski definition) is 4. The lowest BCUT2D eigenvalue weighted by atomic mass is 9.75. The lowest BCUT2D eigenvalue weighted by Crippen LogP contribution is -2.69. The molecule has 162 valence electrons. The van der Waals surface area contributed by atoms with Gasteiger partial charge in [-0.15, -0.1) is 0 Å². The normalized spacial score (nSPS) is 34.7. The van der Waals surface area contributed by atoms with Crippen LogP contribution in [0.4, 0.5) is 0 Å². The number of piperidine rings is 2. The first kappa shape index (κ1) is 19.9. The van der Waals surface area contributed by atoms with Crippen molar-refractivity contribution in [2.75, 3.05) is 19.8 Å². The molecule has 2 atom stereocenters. The predicted molar refractivity (Wildman–Crippen MR) is 112 cm³/mol. The third-order valence-corrected chi connectivity index (χ3v) is 7.65. The van der Waals surface area contributed by atoms with Crippen LogP contribution in [0.3, 0.4) is 0 Å². The second-order valence-electron chi connectivity index (χ2n) is 9.40. The number of benzene rings is 1. The molecule has 0 radical (unpaired) electrons. The highest BCUT2D eigenvalue weighted by atomic mass is 16.5. The number of para-hydroxylation sites is 1. The van der Waals surface area contributed by atoms with Gasteiger partial charge in [0.05, 0.1) is 24.3 Å². The Morgan fingerprint density at radius 1 is 1.03 bits per heavy atom. The molecule has 6 nitrogen and oxygen atoms in total. The van der Waals surface area contributed by atoms with E-state index in [-0.39, 0.29) is 36.1 Å². The molecule has 1 spiro atoms. The third kappa shape index (κ3) is 3.70. The predicted octanol–water partition coefficient (Wildman–Crippen LogP) is 3.15. The fourth-order valence-corrected chi connectivity index (χ4v) is 6.08. The summed E-state index contributed by atoms with van der Waals surface area (Å²) in [6, 6.07) is 8.04. The van der Waals surface area contributed by atoms with Crippen molar-refractivity contribution < 1.29 is 19.1 Å². The molecule has 5 aliphatic rings. The van der Waals surface area contributed by atoms with Gasteiger partial charge in [-0.05, 0) is 68.9 Å². The van der Waals surface area contributed by atoms with Crippen molar-refractivity contribution >= 4 is 11.8 Å². The number of nitrogens with zero attached hydrogens (tertiary/aromatic N) is 1. The third-order valence-electron chi connectivity index (χ3n) is 7.65. The van der Waals surface area contributed by atoms with Crippen molar-refractivity contribution in [1.29, 1.82) is 0 Å². The van der Waals surface area contributed by atoms with Gasteiger partial charge in [0.15, 0.2) is 6.61 Å². The molecular weight excluding hydrogens is 380 g/mol. The minimum absolute atomic E-state index is 0.0103. The van der Waals surface area contributed by atoms with Gasteiger partial charge < -0.3 is 19.7 Å². The fraction of sp³-hybridized carbons (Fsp3) is 0.667. The summed E-state index contributed by atoms with van der Waals surface area (Å²) >= 11 is 0. The summed E-state index contributed by atoms with van der Waals surface area (Å²) in [4.78, 5) is 27.5. The number of carbonyl (C=O) groups is 2. The summed E-state index contributed by atoms with van der Waals surface area (Å²) < 4.78 is 12.5.